The number of amides is 3. The number of rotatable bonds is 9. The van der Waals surface area contributed by atoms with E-state index >= 15 is 0 Å². The van der Waals surface area contributed by atoms with Gasteiger partial charge in [-0.15, -0.1) is 0 Å². The molecule has 0 unspecified atom stereocenters. The van der Waals surface area contributed by atoms with Gasteiger partial charge in [0.05, 0.1) is 17.6 Å². The van der Waals surface area contributed by atoms with Gasteiger partial charge >= 0.3 is 6.03 Å². The summed E-state index contributed by atoms with van der Waals surface area (Å²) in [6.07, 6.45) is 5.22. The van der Waals surface area contributed by atoms with E-state index in [0.29, 0.717) is 18.2 Å². The number of urea groups is 1. The Kier molecular flexibility index (Phi) is 6.59. The van der Waals surface area contributed by atoms with Crippen LogP contribution in [0, 0.1) is 0 Å². The molecule has 0 aromatic heterocycles. The zero-order valence-corrected chi connectivity index (χ0v) is 15.0. The first-order chi connectivity index (χ1) is 11.0. The van der Waals surface area contributed by atoms with Gasteiger partial charge in [0.15, 0.2) is 0 Å². The first-order valence-corrected chi connectivity index (χ1v) is 9.78. The van der Waals surface area contributed by atoms with Gasteiger partial charge in [-0.1, -0.05) is 20.3 Å². The number of fused-ring (bicyclic) bond motifs is 1. The van der Waals surface area contributed by atoms with E-state index in [1.807, 2.05) is 11.8 Å². The zero-order valence-electron chi connectivity index (χ0n) is 14.2. The Balaban J connectivity index is 1.65. The van der Waals surface area contributed by atoms with Crippen molar-refractivity contribution in [1.29, 1.82) is 0 Å². The maximum absolute atomic E-state index is 12.1. The fourth-order valence-electron chi connectivity index (χ4n) is 3.40. The van der Waals surface area contributed by atoms with Crippen molar-refractivity contribution >= 4 is 23.7 Å². The summed E-state index contributed by atoms with van der Waals surface area (Å²) >= 11 is 1.92. The Bertz CT molecular complexity index is 420. The van der Waals surface area contributed by atoms with Crippen LogP contribution < -0.4 is 21.7 Å². The average molecular weight is 343 g/mol. The highest BCUT2D eigenvalue weighted by molar-refractivity contribution is 8.00. The minimum atomic E-state index is -0.245. The molecule has 2 aliphatic rings. The monoisotopic (exact) mass is 342 g/mol. The fourth-order valence-corrected chi connectivity index (χ4v) is 4.94. The summed E-state index contributed by atoms with van der Waals surface area (Å²) in [6, 6.07) is 0.494. The number of hydrogen-bond donors (Lipinski definition) is 4. The van der Waals surface area contributed by atoms with Gasteiger partial charge in [0.25, 0.3) is 0 Å². The van der Waals surface area contributed by atoms with Gasteiger partial charge in [-0.25, -0.2) is 4.79 Å². The molecule has 132 valence electrons. The number of nitrogens with two attached hydrogens (primary N) is 1. The molecule has 2 rings (SSSR count). The summed E-state index contributed by atoms with van der Waals surface area (Å²) in [5, 5.41) is 9.54. The highest BCUT2D eigenvalue weighted by atomic mass is 32.2. The fraction of sp³-hybridized carbons (Fsp3) is 0.875. The van der Waals surface area contributed by atoms with Crippen LogP contribution in [0.25, 0.3) is 0 Å². The van der Waals surface area contributed by atoms with E-state index in [1.165, 1.54) is 0 Å². The minimum Gasteiger partial charge on any atom is -0.349 e. The van der Waals surface area contributed by atoms with Crippen molar-refractivity contribution in [1.82, 2.24) is 16.0 Å². The summed E-state index contributed by atoms with van der Waals surface area (Å²) in [5.41, 5.74) is 5.57. The second-order valence-electron chi connectivity index (χ2n) is 6.61. The first-order valence-electron chi connectivity index (χ1n) is 8.73. The lowest BCUT2D eigenvalue weighted by atomic mass is 9.92. The third kappa shape index (κ3) is 4.53. The highest BCUT2D eigenvalue weighted by Crippen LogP contribution is 2.33. The Labute approximate surface area is 143 Å². The summed E-state index contributed by atoms with van der Waals surface area (Å²) < 4.78 is 0. The van der Waals surface area contributed by atoms with E-state index in [1.54, 1.807) is 0 Å². The number of hydrogen-bond acceptors (Lipinski definition) is 4. The van der Waals surface area contributed by atoms with E-state index in [2.05, 4.69) is 29.8 Å². The zero-order chi connectivity index (χ0) is 16.9. The number of carbonyl (C=O) groups excluding carboxylic acids is 2. The molecular weight excluding hydrogens is 312 g/mol. The molecule has 2 heterocycles. The predicted molar refractivity (Wildman–Crippen MR) is 94.5 cm³/mol. The Morgan fingerprint density at radius 2 is 2.09 bits per heavy atom. The topological polar surface area (TPSA) is 96.2 Å². The second-order valence-corrected chi connectivity index (χ2v) is 7.88. The van der Waals surface area contributed by atoms with Crippen molar-refractivity contribution in [3.8, 4) is 0 Å². The van der Waals surface area contributed by atoms with Crippen LogP contribution in [0.2, 0.25) is 0 Å². The maximum Gasteiger partial charge on any atom is 0.315 e. The van der Waals surface area contributed by atoms with E-state index in [4.69, 9.17) is 5.73 Å². The molecule has 0 spiro atoms. The second kappa shape index (κ2) is 8.24. The molecule has 0 aromatic rings. The molecule has 6 nitrogen and oxygen atoms in total. The van der Waals surface area contributed by atoms with E-state index in [0.717, 1.165) is 37.9 Å². The molecule has 0 aliphatic carbocycles. The smallest absolute Gasteiger partial charge is 0.315 e. The lowest BCUT2D eigenvalue weighted by Gasteiger charge is -2.31. The largest absolute Gasteiger partial charge is 0.349 e. The number of unbranched alkanes of at least 4 members (excludes halogenated alkanes) is 1. The quantitative estimate of drug-likeness (QED) is 0.376. The Hall–Kier alpha value is -0.950. The van der Waals surface area contributed by atoms with Gasteiger partial charge < -0.3 is 21.7 Å². The summed E-state index contributed by atoms with van der Waals surface area (Å²) in [6.45, 7) is 4.61. The normalized spacial score (nSPS) is 26.6. The highest BCUT2D eigenvalue weighted by Gasteiger charge is 2.42. The van der Waals surface area contributed by atoms with Crippen molar-refractivity contribution in [2.75, 3.05) is 12.3 Å². The molecule has 0 aromatic carbocycles. The standard InChI is InChI=1S/C16H30N4O2S/c1-3-16(4-2,10-17)20-13(21)8-6-5-7-12-14-11(9-23-12)18-15(22)19-14/h11-12,14H,3-10,17H2,1-2H3,(H,20,21)(H2,18,19,22)/t11-,12-,14-/m0/s1. The molecule has 0 saturated carbocycles. The number of nitrogens with one attached hydrogen (secondary N) is 3. The first kappa shape index (κ1) is 18.4. The Morgan fingerprint density at radius 3 is 2.74 bits per heavy atom. The van der Waals surface area contributed by atoms with Gasteiger partial charge in [-0.05, 0) is 25.7 Å². The van der Waals surface area contributed by atoms with Gasteiger partial charge in [0.1, 0.15) is 0 Å². The molecule has 23 heavy (non-hydrogen) atoms. The van der Waals surface area contributed by atoms with Crippen LogP contribution in [0.15, 0.2) is 0 Å². The molecule has 0 bridgehead atoms. The van der Waals surface area contributed by atoms with Crippen LogP contribution in [-0.4, -0.2) is 47.1 Å². The Morgan fingerprint density at radius 1 is 1.35 bits per heavy atom. The molecule has 7 heteroatoms. The molecule has 2 fully saturated rings. The van der Waals surface area contributed by atoms with E-state index in [-0.39, 0.29) is 29.6 Å². The average Bonchev–Trinajstić information content (AvgIpc) is 3.09. The van der Waals surface area contributed by atoms with Crippen molar-refractivity contribution in [2.24, 2.45) is 5.73 Å². The molecule has 3 amide bonds. The third-order valence-electron chi connectivity index (χ3n) is 5.23. The van der Waals surface area contributed by atoms with Gasteiger partial charge in [-0.2, -0.15) is 11.8 Å². The minimum absolute atomic E-state index is 0.0399. The van der Waals surface area contributed by atoms with Crippen LogP contribution in [-0.2, 0) is 4.79 Å². The van der Waals surface area contributed by atoms with E-state index < -0.39 is 0 Å². The van der Waals surface area contributed by atoms with Crippen molar-refractivity contribution in [3.05, 3.63) is 0 Å². The van der Waals surface area contributed by atoms with Crippen LogP contribution >= 0.6 is 11.8 Å². The number of carbonyl (C=O) groups is 2. The lowest BCUT2D eigenvalue weighted by molar-refractivity contribution is -0.123. The lowest BCUT2D eigenvalue weighted by Crippen LogP contribution is -2.52. The van der Waals surface area contributed by atoms with Gasteiger partial charge in [-0.3, -0.25) is 4.79 Å². The van der Waals surface area contributed by atoms with Crippen molar-refractivity contribution in [2.45, 2.75) is 75.2 Å². The maximum atomic E-state index is 12.1. The summed E-state index contributed by atoms with van der Waals surface area (Å²) in [4.78, 5) is 23.5. The SMILES string of the molecule is CCC(CC)(CN)NC(=O)CCCC[C@@H]1SC[C@@H]2NC(=O)N[C@@H]21. The molecule has 3 atom stereocenters. The summed E-state index contributed by atoms with van der Waals surface area (Å²) in [7, 11) is 0. The van der Waals surface area contributed by atoms with Crippen LogP contribution in [0.3, 0.4) is 0 Å². The molecule has 2 saturated heterocycles. The van der Waals surface area contributed by atoms with Crippen LogP contribution in [0.1, 0.15) is 52.4 Å². The van der Waals surface area contributed by atoms with E-state index in [9.17, 15) is 9.59 Å². The predicted octanol–water partition coefficient (Wildman–Crippen LogP) is 1.35. The van der Waals surface area contributed by atoms with Crippen LogP contribution in [0.5, 0.6) is 0 Å². The van der Waals surface area contributed by atoms with Crippen LogP contribution in [0.4, 0.5) is 4.79 Å². The molecule has 0 radical (unpaired) electrons. The molecular formula is C16H30N4O2S. The third-order valence-corrected chi connectivity index (χ3v) is 6.74. The van der Waals surface area contributed by atoms with Crippen molar-refractivity contribution < 1.29 is 9.59 Å². The molecule has 5 N–H and O–H groups in total. The number of thioether (sulfide) groups is 1. The van der Waals surface area contributed by atoms with Gasteiger partial charge in [0.2, 0.25) is 5.91 Å². The molecule has 2 aliphatic heterocycles. The van der Waals surface area contributed by atoms with Crippen molar-refractivity contribution in [3.63, 3.8) is 0 Å². The summed E-state index contributed by atoms with van der Waals surface area (Å²) in [5.74, 6) is 1.09. The van der Waals surface area contributed by atoms with Gasteiger partial charge in [0, 0.05) is 24.0 Å².